The third-order valence-corrected chi connectivity index (χ3v) is 4.93. The first-order valence-corrected chi connectivity index (χ1v) is 9.04. The summed E-state index contributed by atoms with van der Waals surface area (Å²) in [4.78, 5) is 38.7. The molecule has 6 heteroatoms. The third-order valence-electron chi connectivity index (χ3n) is 4.93. The molecule has 3 aromatic rings. The van der Waals surface area contributed by atoms with E-state index in [9.17, 15) is 14.4 Å². The lowest BCUT2D eigenvalue weighted by atomic mass is 10.1. The van der Waals surface area contributed by atoms with E-state index >= 15 is 0 Å². The topological polar surface area (TPSA) is 71.4 Å². The standard InChI is InChI=1S/C22H19N3O3/c1-3-14-8-10-16(11-9-14)25-21(27)18(20(26)23-22(25)28)12-15-13-24(2)19-7-5-4-6-17(15)19/h4-13H,3H2,1-2H3,(H,23,26,28)/b18-12-. The lowest BCUT2D eigenvalue weighted by Crippen LogP contribution is -2.54. The van der Waals surface area contributed by atoms with Crippen LogP contribution in [0.5, 0.6) is 0 Å². The molecule has 0 bridgehead atoms. The van der Waals surface area contributed by atoms with Crippen molar-refractivity contribution in [3.8, 4) is 0 Å². The molecule has 140 valence electrons. The Morgan fingerprint density at radius 3 is 2.43 bits per heavy atom. The fourth-order valence-electron chi connectivity index (χ4n) is 3.42. The van der Waals surface area contributed by atoms with Gasteiger partial charge in [-0.25, -0.2) is 9.69 Å². The summed E-state index contributed by atoms with van der Waals surface area (Å²) in [6.45, 7) is 2.03. The average Bonchev–Trinajstić information content (AvgIpc) is 3.01. The number of carbonyl (C=O) groups is 3. The highest BCUT2D eigenvalue weighted by molar-refractivity contribution is 6.39. The van der Waals surface area contributed by atoms with Gasteiger partial charge in [0.15, 0.2) is 0 Å². The number of carbonyl (C=O) groups excluding carboxylic acids is 3. The maximum absolute atomic E-state index is 13.0. The Bertz CT molecular complexity index is 1140. The summed E-state index contributed by atoms with van der Waals surface area (Å²) < 4.78 is 1.93. The highest BCUT2D eigenvalue weighted by Gasteiger charge is 2.36. The molecule has 4 rings (SSSR count). The molecule has 0 saturated carbocycles. The number of hydrogen-bond donors (Lipinski definition) is 1. The van der Waals surface area contributed by atoms with Gasteiger partial charge in [-0.15, -0.1) is 0 Å². The van der Waals surface area contributed by atoms with Crippen LogP contribution >= 0.6 is 0 Å². The number of hydrogen-bond acceptors (Lipinski definition) is 3. The minimum absolute atomic E-state index is 0.0736. The Balaban J connectivity index is 1.77. The number of anilines is 1. The highest BCUT2D eigenvalue weighted by atomic mass is 16.2. The van der Waals surface area contributed by atoms with Crippen molar-refractivity contribution in [1.82, 2.24) is 9.88 Å². The predicted molar refractivity (Wildman–Crippen MR) is 108 cm³/mol. The van der Waals surface area contributed by atoms with Crippen LogP contribution in [0.2, 0.25) is 0 Å². The Hall–Kier alpha value is -3.67. The molecule has 1 aliphatic rings. The largest absolute Gasteiger partial charge is 0.350 e. The molecular weight excluding hydrogens is 354 g/mol. The van der Waals surface area contributed by atoms with Crippen LogP contribution < -0.4 is 10.2 Å². The second-order valence-corrected chi connectivity index (χ2v) is 6.69. The van der Waals surface area contributed by atoms with Crippen LogP contribution in [0.4, 0.5) is 10.5 Å². The molecule has 2 aromatic carbocycles. The number of amides is 4. The molecule has 1 fully saturated rings. The molecule has 4 amide bonds. The van der Waals surface area contributed by atoms with E-state index in [4.69, 9.17) is 0 Å². The molecule has 0 spiro atoms. The summed E-state index contributed by atoms with van der Waals surface area (Å²) in [5, 5.41) is 3.19. The molecule has 1 aromatic heterocycles. The summed E-state index contributed by atoms with van der Waals surface area (Å²) in [7, 11) is 1.90. The number of fused-ring (bicyclic) bond motifs is 1. The molecule has 1 saturated heterocycles. The molecule has 0 unspecified atom stereocenters. The number of benzene rings is 2. The number of rotatable bonds is 3. The molecule has 1 N–H and O–H groups in total. The second-order valence-electron chi connectivity index (χ2n) is 6.69. The lowest BCUT2D eigenvalue weighted by molar-refractivity contribution is -0.122. The zero-order chi connectivity index (χ0) is 19.8. The number of aromatic nitrogens is 1. The van der Waals surface area contributed by atoms with E-state index in [-0.39, 0.29) is 5.57 Å². The minimum atomic E-state index is -0.741. The van der Waals surface area contributed by atoms with Crippen molar-refractivity contribution in [2.45, 2.75) is 13.3 Å². The van der Waals surface area contributed by atoms with Crippen LogP contribution in [0, 0.1) is 0 Å². The molecule has 0 atom stereocenters. The van der Waals surface area contributed by atoms with Crippen molar-refractivity contribution in [1.29, 1.82) is 0 Å². The maximum atomic E-state index is 13.0. The zero-order valence-electron chi connectivity index (χ0n) is 15.6. The van der Waals surface area contributed by atoms with Gasteiger partial charge in [-0.1, -0.05) is 37.3 Å². The number of aryl methyl sites for hydroxylation is 2. The number of para-hydroxylation sites is 1. The molecule has 0 aliphatic carbocycles. The van der Waals surface area contributed by atoms with Crippen LogP contribution in [0.1, 0.15) is 18.1 Å². The Morgan fingerprint density at radius 1 is 1.00 bits per heavy atom. The Kier molecular flexibility index (Phi) is 4.31. The van der Waals surface area contributed by atoms with Crippen LogP contribution in [0.25, 0.3) is 17.0 Å². The van der Waals surface area contributed by atoms with Gasteiger partial charge in [0.05, 0.1) is 5.69 Å². The quantitative estimate of drug-likeness (QED) is 0.565. The molecule has 1 aliphatic heterocycles. The summed E-state index contributed by atoms with van der Waals surface area (Å²) in [6, 6.07) is 14.1. The van der Waals surface area contributed by atoms with Gasteiger partial charge in [-0.2, -0.15) is 0 Å². The second kappa shape index (κ2) is 6.81. The van der Waals surface area contributed by atoms with E-state index in [0.717, 1.165) is 33.4 Å². The van der Waals surface area contributed by atoms with Gasteiger partial charge in [0.2, 0.25) is 0 Å². The first-order chi connectivity index (χ1) is 13.5. The van der Waals surface area contributed by atoms with E-state index < -0.39 is 17.8 Å². The minimum Gasteiger partial charge on any atom is -0.350 e. The third kappa shape index (κ3) is 2.89. The molecule has 2 heterocycles. The fourth-order valence-corrected chi connectivity index (χ4v) is 3.42. The van der Waals surface area contributed by atoms with Crippen LogP contribution in [-0.4, -0.2) is 22.4 Å². The monoisotopic (exact) mass is 373 g/mol. The number of barbiturate groups is 1. The van der Waals surface area contributed by atoms with Crippen LogP contribution in [-0.2, 0) is 23.1 Å². The van der Waals surface area contributed by atoms with E-state index in [2.05, 4.69) is 5.32 Å². The van der Waals surface area contributed by atoms with Crippen molar-refractivity contribution >= 4 is 40.5 Å². The van der Waals surface area contributed by atoms with Gasteiger partial charge in [0.1, 0.15) is 5.57 Å². The van der Waals surface area contributed by atoms with Crippen LogP contribution in [0.15, 0.2) is 60.3 Å². The first kappa shape index (κ1) is 17.7. The van der Waals surface area contributed by atoms with E-state index in [0.29, 0.717) is 5.69 Å². The summed E-state index contributed by atoms with van der Waals surface area (Å²) in [6.07, 6.45) is 4.25. The van der Waals surface area contributed by atoms with E-state index in [1.807, 2.05) is 61.1 Å². The van der Waals surface area contributed by atoms with E-state index in [1.165, 1.54) is 0 Å². The van der Waals surface area contributed by atoms with Crippen molar-refractivity contribution < 1.29 is 14.4 Å². The van der Waals surface area contributed by atoms with Crippen LogP contribution in [0.3, 0.4) is 0 Å². The zero-order valence-corrected chi connectivity index (χ0v) is 15.6. The van der Waals surface area contributed by atoms with E-state index in [1.54, 1.807) is 18.2 Å². The van der Waals surface area contributed by atoms with Crippen molar-refractivity contribution in [3.05, 3.63) is 71.4 Å². The average molecular weight is 373 g/mol. The lowest BCUT2D eigenvalue weighted by Gasteiger charge is -2.26. The number of imide groups is 2. The van der Waals surface area contributed by atoms with Gasteiger partial charge >= 0.3 is 6.03 Å². The Morgan fingerprint density at radius 2 is 1.71 bits per heavy atom. The summed E-state index contributed by atoms with van der Waals surface area (Å²) >= 11 is 0. The molecular formula is C22H19N3O3. The first-order valence-electron chi connectivity index (χ1n) is 9.04. The highest BCUT2D eigenvalue weighted by Crippen LogP contribution is 2.26. The van der Waals surface area contributed by atoms with Gasteiger partial charge in [-0.05, 0) is 36.3 Å². The fraction of sp³-hybridized carbons (Fsp3) is 0.136. The molecule has 0 radical (unpaired) electrons. The smallest absolute Gasteiger partial charge is 0.335 e. The van der Waals surface area contributed by atoms with Gasteiger partial charge < -0.3 is 4.57 Å². The number of nitrogens with one attached hydrogen (secondary N) is 1. The van der Waals surface area contributed by atoms with Gasteiger partial charge in [0.25, 0.3) is 11.8 Å². The number of urea groups is 1. The van der Waals surface area contributed by atoms with Gasteiger partial charge in [0, 0.05) is 29.7 Å². The summed E-state index contributed by atoms with van der Waals surface area (Å²) in [5.74, 6) is -1.32. The normalized spacial score (nSPS) is 16.1. The Labute approximate surface area is 162 Å². The van der Waals surface area contributed by atoms with Crippen molar-refractivity contribution in [2.75, 3.05) is 4.90 Å². The maximum Gasteiger partial charge on any atom is 0.335 e. The molecule has 6 nitrogen and oxygen atoms in total. The predicted octanol–water partition coefficient (Wildman–Crippen LogP) is 3.41. The van der Waals surface area contributed by atoms with Crippen molar-refractivity contribution in [2.24, 2.45) is 7.05 Å². The summed E-state index contributed by atoms with van der Waals surface area (Å²) in [5.41, 5.74) is 3.18. The SMILES string of the molecule is CCc1ccc(N2C(=O)NC(=O)/C(=C/c3cn(C)c4ccccc34)C2=O)cc1. The molecule has 28 heavy (non-hydrogen) atoms. The van der Waals surface area contributed by atoms with Gasteiger partial charge in [-0.3, -0.25) is 14.9 Å². The van der Waals surface area contributed by atoms with Crippen molar-refractivity contribution in [3.63, 3.8) is 0 Å². The number of nitrogens with zero attached hydrogens (tertiary/aromatic N) is 2.